The Morgan fingerprint density at radius 3 is 2.60 bits per heavy atom. The van der Waals surface area contributed by atoms with Gasteiger partial charge in [0, 0.05) is 11.8 Å². The first kappa shape index (κ1) is 14.7. The fourth-order valence-electron chi connectivity index (χ4n) is 1.33. The van der Waals surface area contributed by atoms with Crippen molar-refractivity contribution in [1.29, 1.82) is 0 Å². The van der Waals surface area contributed by atoms with Gasteiger partial charge in [-0.3, -0.25) is 4.79 Å². The number of amides is 1. The van der Waals surface area contributed by atoms with Crippen LogP contribution in [0.4, 0.5) is 0 Å². The monoisotopic (exact) mass is 248 g/mol. The molecule has 0 bridgehead atoms. The van der Waals surface area contributed by atoms with Gasteiger partial charge in [0.05, 0.1) is 10.9 Å². The third-order valence-corrected chi connectivity index (χ3v) is 3.16. The summed E-state index contributed by atoms with van der Waals surface area (Å²) in [7, 11) is 0. The van der Waals surface area contributed by atoms with Gasteiger partial charge in [-0.2, -0.15) is 11.8 Å². The minimum atomic E-state index is -0.311. The van der Waals surface area contributed by atoms with Gasteiger partial charge in [-0.15, -0.1) is 0 Å². The maximum Gasteiger partial charge on any atom is 0.230 e. The highest BCUT2D eigenvalue weighted by Crippen LogP contribution is 2.08. The van der Waals surface area contributed by atoms with E-state index in [9.17, 15) is 4.79 Å². The Labute approximate surface area is 102 Å². The van der Waals surface area contributed by atoms with Crippen LogP contribution in [-0.4, -0.2) is 28.9 Å². The van der Waals surface area contributed by atoms with E-state index in [1.54, 1.807) is 11.8 Å². The number of nitrogens with one attached hydrogen (secondary N) is 1. The molecule has 2 unspecified atom stereocenters. The number of hydrogen-bond donors (Lipinski definition) is 2. The van der Waals surface area contributed by atoms with E-state index in [4.69, 9.17) is 18.0 Å². The van der Waals surface area contributed by atoms with E-state index in [-0.39, 0.29) is 17.9 Å². The average Bonchev–Trinajstić information content (AvgIpc) is 2.13. The summed E-state index contributed by atoms with van der Waals surface area (Å²) in [4.78, 5) is 12.1. The van der Waals surface area contributed by atoms with Crippen LogP contribution in [0, 0.1) is 5.92 Å². The average molecular weight is 248 g/mol. The van der Waals surface area contributed by atoms with Crippen LogP contribution >= 0.6 is 24.0 Å². The number of rotatable bonds is 7. The minimum absolute atomic E-state index is 0.0362. The number of carbonyl (C=O) groups excluding carboxylic acids is 1. The summed E-state index contributed by atoms with van der Waals surface area (Å²) in [5, 5.41) is 2.92. The lowest BCUT2D eigenvalue weighted by Gasteiger charge is -2.18. The highest BCUT2D eigenvalue weighted by atomic mass is 32.2. The van der Waals surface area contributed by atoms with Crippen molar-refractivity contribution in [2.75, 3.05) is 12.0 Å². The SMILES string of the molecule is CCCC(C(=O)NC(C)CSC)C(N)=S. The Morgan fingerprint density at radius 2 is 2.20 bits per heavy atom. The summed E-state index contributed by atoms with van der Waals surface area (Å²) in [6.07, 6.45) is 3.65. The number of carbonyl (C=O) groups is 1. The molecule has 5 heteroatoms. The third kappa shape index (κ3) is 5.99. The molecule has 2 atom stereocenters. The molecule has 0 fully saturated rings. The van der Waals surface area contributed by atoms with E-state index >= 15 is 0 Å². The van der Waals surface area contributed by atoms with Gasteiger partial charge in [0.1, 0.15) is 0 Å². The Kier molecular flexibility index (Phi) is 7.78. The smallest absolute Gasteiger partial charge is 0.230 e. The zero-order valence-corrected chi connectivity index (χ0v) is 11.2. The van der Waals surface area contributed by atoms with E-state index in [0.29, 0.717) is 4.99 Å². The summed E-state index contributed by atoms with van der Waals surface area (Å²) in [5.41, 5.74) is 5.54. The van der Waals surface area contributed by atoms with Gasteiger partial charge in [0.15, 0.2) is 0 Å². The van der Waals surface area contributed by atoms with Gasteiger partial charge in [0.2, 0.25) is 5.91 Å². The molecule has 0 aliphatic rings. The lowest BCUT2D eigenvalue weighted by molar-refractivity contribution is -0.123. The zero-order chi connectivity index (χ0) is 11.8. The van der Waals surface area contributed by atoms with E-state index in [2.05, 4.69) is 5.32 Å². The van der Waals surface area contributed by atoms with Crippen molar-refractivity contribution in [1.82, 2.24) is 5.32 Å². The van der Waals surface area contributed by atoms with Crippen LogP contribution in [0.5, 0.6) is 0 Å². The van der Waals surface area contributed by atoms with E-state index in [1.807, 2.05) is 20.1 Å². The first-order valence-electron chi connectivity index (χ1n) is 5.11. The number of nitrogens with two attached hydrogens (primary N) is 1. The summed E-state index contributed by atoms with van der Waals surface area (Å²) in [6.45, 7) is 4.00. The number of thioether (sulfide) groups is 1. The molecule has 0 aliphatic carbocycles. The Morgan fingerprint density at radius 1 is 1.60 bits per heavy atom. The van der Waals surface area contributed by atoms with Gasteiger partial charge < -0.3 is 11.1 Å². The predicted molar refractivity (Wildman–Crippen MR) is 71.2 cm³/mol. The molecule has 0 aromatic heterocycles. The van der Waals surface area contributed by atoms with Crippen LogP contribution in [0.3, 0.4) is 0 Å². The number of thiocarbonyl (C=S) groups is 1. The highest BCUT2D eigenvalue weighted by Gasteiger charge is 2.21. The molecule has 0 saturated carbocycles. The maximum absolute atomic E-state index is 11.8. The molecule has 0 aliphatic heterocycles. The van der Waals surface area contributed by atoms with Crippen molar-refractivity contribution in [2.24, 2.45) is 11.7 Å². The molecule has 3 N–H and O–H groups in total. The fourth-order valence-corrected chi connectivity index (χ4v) is 2.13. The van der Waals surface area contributed by atoms with Crippen molar-refractivity contribution in [3.05, 3.63) is 0 Å². The fraction of sp³-hybridized carbons (Fsp3) is 0.800. The quantitative estimate of drug-likeness (QED) is 0.671. The lowest BCUT2D eigenvalue weighted by atomic mass is 10.0. The summed E-state index contributed by atoms with van der Waals surface area (Å²) in [6, 6.07) is 0.168. The molecule has 88 valence electrons. The zero-order valence-electron chi connectivity index (χ0n) is 9.58. The molecule has 3 nitrogen and oxygen atoms in total. The predicted octanol–water partition coefficient (Wildman–Crippen LogP) is 1.56. The largest absolute Gasteiger partial charge is 0.393 e. The maximum atomic E-state index is 11.8. The Bertz CT molecular complexity index is 221. The van der Waals surface area contributed by atoms with Crippen LogP contribution in [0.25, 0.3) is 0 Å². The summed E-state index contributed by atoms with van der Waals surface area (Å²) >= 11 is 6.59. The van der Waals surface area contributed by atoms with Gasteiger partial charge in [-0.25, -0.2) is 0 Å². The van der Waals surface area contributed by atoms with Crippen LogP contribution in [0.15, 0.2) is 0 Å². The Hall–Kier alpha value is -0.290. The molecule has 1 amide bonds. The van der Waals surface area contributed by atoms with Crippen LogP contribution < -0.4 is 11.1 Å². The second kappa shape index (κ2) is 7.93. The first-order chi connectivity index (χ1) is 7.02. The minimum Gasteiger partial charge on any atom is -0.393 e. The van der Waals surface area contributed by atoms with Crippen LogP contribution in [0.1, 0.15) is 26.7 Å². The lowest BCUT2D eigenvalue weighted by Crippen LogP contribution is -2.42. The van der Waals surface area contributed by atoms with E-state index in [1.165, 1.54) is 0 Å². The van der Waals surface area contributed by atoms with Gasteiger partial charge in [-0.1, -0.05) is 25.6 Å². The molecule has 0 spiro atoms. The first-order valence-corrected chi connectivity index (χ1v) is 6.91. The topological polar surface area (TPSA) is 55.1 Å². The molecule has 0 saturated heterocycles. The molecular formula is C10H20N2OS2. The highest BCUT2D eigenvalue weighted by molar-refractivity contribution is 7.98. The van der Waals surface area contributed by atoms with Gasteiger partial charge >= 0.3 is 0 Å². The second-order valence-electron chi connectivity index (χ2n) is 3.61. The second-order valence-corrected chi connectivity index (χ2v) is 4.99. The van der Waals surface area contributed by atoms with Crippen molar-refractivity contribution >= 4 is 34.9 Å². The van der Waals surface area contributed by atoms with Gasteiger partial charge in [-0.05, 0) is 19.6 Å². The van der Waals surface area contributed by atoms with Crippen molar-refractivity contribution in [3.8, 4) is 0 Å². The summed E-state index contributed by atoms with van der Waals surface area (Å²) in [5.74, 6) is 0.558. The normalized spacial score (nSPS) is 14.3. The van der Waals surface area contributed by atoms with Crippen LogP contribution in [-0.2, 0) is 4.79 Å². The molecule has 0 rings (SSSR count). The molecule has 15 heavy (non-hydrogen) atoms. The van der Waals surface area contributed by atoms with E-state index < -0.39 is 0 Å². The van der Waals surface area contributed by atoms with E-state index in [0.717, 1.165) is 18.6 Å². The molecule has 0 radical (unpaired) electrons. The number of hydrogen-bond acceptors (Lipinski definition) is 3. The molecular weight excluding hydrogens is 228 g/mol. The van der Waals surface area contributed by atoms with Gasteiger partial charge in [0.25, 0.3) is 0 Å². The standard InChI is InChI=1S/C10H20N2OS2/c1-4-5-8(9(11)14)10(13)12-7(2)6-15-3/h7-8H,4-6H2,1-3H3,(H2,11,14)(H,12,13). The van der Waals surface area contributed by atoms with Crippen molar-refractivity contribution in [2.45, 2.75) is 32.7 Å². The Balaban J connectivity index is 4.19. The molecule has 0 aromatic carbocycles. The third-order valence-electron chi connectivity index (χ3n) is 2.04. The van der Waals surface area contributed by atoms with Crippen molar-refractivity contribution < 1.29 is 4.79 Å². The molecule has 0 heterocycles. The van der Waals surface area contributed by atoms with Crippen molar-refractivity contribution in [3.63, 3.8) is 0 Å². The van der Waals surface area contributed by atoms with Crippen LogP contribution in [0.2, 0.25) is 0 Å². The summed E-state index contributed by atoms with van der Waals surface area (Å²) < 4.78 is 0. The molecule has 0 aromatic rings.